The Kier molecular flexibility index (Phi) is 5.66. The van der Waals surface area contributed by atoms with Crippen LogP contribution in [0.1, 0.15) is 11.6 Å². The fourth-order valence-corrected chi connectivity index (χ4v) is 1.87. The lowest BCUT2D eigenvalue weighted by Crippen LogP contribution is -2.20. The number of halogens is 1. The van der Waals surface area contributed by atoms with Gasteiger partial charge < -0.3 is 20.3 Å². The number of hydrogen-bond acceptors (Lipinski definition) is 4. The number of methoxy groups -OCH3 is 1. The minimum atomic E-state index is -1.01. The number of hydrogen-bond donors (Lipinski definition) is 2. The maximum absolute atomic E-state index is 10.3. The summed E-state index contributed by atoms with van der Waals surface area (Å²) in [5.41, 5.74) is 6.74. The van der Waals surface area contributed by atoms with Gasteiger partial charge in [0.25, 0.3) is 0 Å². The molecule has 0 amide bonds. The van der Waals surface area contributed by atoms with E-state index in [-0.39, 0.29) is 13.2 Å². The van der Waals surface area contributed by atoms with Crippen LogP contribution in [0.4, 0.5) is 0 Å². The maximum atomic E-state index is 10.3. The molecule has 1 aromatic carbocycles. The Labute approximate surface area is 113 Å². The van der Waals surface area contributed by atoms with Crippen LogP contribution in [0.2, 0.25) is 0 Å². The number of carbonyl (C=O) groups is 1. The standard InChI is InChI=1S/C11H14INO4/c1-16-10-3-2-7(12)4-8(10)9(13)5-17-6-11(14)15/h2-4,9H,5-6,13H2,1H3,(H,14,15). The molecule has 0 aliphatic carbocycles. The van der Waals surface area contributed by atoms with Gasteiger partial charge in [-0.3, -0.25) is 0 Å². The van der Waals surface area contributed by atoms with Crippen LogP contribution in [-0.2, 0) is 9.53 Å². The Morgan fingerprint density at radius 1 is 1.59 bits per heavy atom. The van der Waals surface area contributed by atoms with Crippen molar-refractivity contribution in [2.24, 2.45) is 5.73 Å². The third-order valence-corrected chi connectivity index (χ3v) is 2.79. The molecule has 0 radical (unpaired) electrons. The highest BCUT2D eigenvalue weighted by Gasteiger charge is 2.13. The van der Waals surface area contributed by atoms with Gasteiger partial charge in [-0.05, 0) is 40.8 Å². The number of carboxylic acids is 1. The predicted octanol–water partition coefficient (Wildman–Crippen LogP) is 1.40. The van der Waals surface area contributed by atoms with E-state index in [0.717, 1.165) is 9.13 Å². The maximum Gasteiger partial charge on any atom is 0.329 e. The summed E-state index contributed by atoms with van der Waals surface area (Å²) in [6.07, 6.45) is 0. The highest BCUT2D eigenvalue weighted by Crippen LogP contribution is 2.25. The molecule has 0 saturated heterocycles. The van der Waals surface area contributed by atoms with Gasteiger partial charge in [0.15, 0.2) is 0 Å². The monoisotopic (exact) mass is 351 g/mol. The van der Waals surface area contributed by atoms with E-state index in [4.69, 9.17) is 20.3 Å². The van der Waals surface area contributed by atoms with Crippen LogP contribution >= 0.6 is 22.6 Å². The van der Waals surface area contributed by atoms with Crippen molar-refractivity contribution in [1.82, 2.24) is 0 Å². The number of rotatable bonds is 6. The van der Waals surface area contributed by atoms with Crippen LogP contribution in [0, 0.1) is 3.57 Å². The van der Waals surface area contributed by atoms with E-state index in [2.05, 4.69) is 22.6 Å². The smallest absolute Gasteiger partial charge is 0.329 e. The van der Waals surface area contributed by atoms with E-state index in [1.165, 1.54) is 0 Å². The number of benzene rings is 1. The van der Waals surface area contributed by atoms with Crippen molar-refractivity contribution in [2.75, 3.05) is 20.3 Å². The fraction of sp³-hybridized carbons (Fsp3) is 0.364. The quantitative estimate of drug-likeness (QED) is 0.758. The number of nitrogens with two attached hydrogens (primary N) is 1. The molecule has 0 aromatic heterocycles. The Balaban J connectivity index is 2.69. The van der Waals surface area contributed by atoms with E-state index in [1.54, 1.807) is 7.11 Å². The summed E-state index contributed by atoms with van der Waals surface area (Å²) < 4.78 is 11.2. The molecule has 94 valence electrons. The zero-order valence-electron chi connectivity index (χ0n) is 9.35. The van der Waals surface area contributed by atoms with Gasteiger partial charge in [0.05, 0.1) is 19.8 Å². The predicted molar refractivity (Wildman–Crippen MR) is 71.1 cm³/mol. The molecule has 17 heavy (non-hydrogen) atoms. The second-order valence-electron chi connectivity index (χ2n) is 3.40. The molecule has 0 aliphatic heterocycles. The number of aliphatic carboxylic acids is 1. The van der Waals surface area contributed by atoms with Gasteiger partial charge in [0, 0.05) is 9.13 Å². The first kappa shape index (κ1) is 14.2. The summed E-state index contributed by atoms with van der Waals surface area (Å²) >= 11 is 2.17. The first-order chi connectivity index (χ1) is 8.04. The molecular weight excluding hydrogens is 337 g/mol. The largest absolute Gasteiger partial charge is 0.496 e. The molecule has 0 fully saturated rings. The Morgan fingerprint density at radius 2 is 2.29 bits per heavy atom. The van der Waals surface area contributed by atoms with Gasteiger partial charge >= 0.3 is 5.97 Å². The molecule has 1 atom stereocenters. The van der Waals surface area contributed by atoms with Crippen LogP contribution in [0.3, 0.4) is 0 Å². The highest BCUT2D eigenvalue weighted by atomic mass is 127. The topological polar surface area (TPSA) is 81.8 Å². The Morgan fingerprint density at radius 3 is 2.88 bits per heavy atom. The summed E-state index contributed by atoms with van der Waals surface area (Å²) in [6, 6.07) is 5.23. The molecule has 0 saturated carbocycles. The van der Waals surface area contributed by atoms with E-state index in [0.29, 0.717) is 5.75 Å². The molecule has 6 heteroatoms. The lowest BCUT2D eigenvalue weighted by atomic mass is 10.1. The van der Waals surface area contributed by atoms with Gasteiger partial charge in [-0.1, -0.05) is 0 Å². The van der Waals surface area contributed by atoms with E-state index in [1.807, 2.05) is 18.2 Å². The first-order valence-corrected chi connectivity index (χ1v) is 6.01. The molecule has 5 nitrogen and oxygen atoms in total. The summed E-state index contributed by atoms with van der Waals surface area (Å²) in [6.45, 7) is -0.206. The minimum absolute atomic E-state index is 0.142. The second kappa shape index (κ2) is 6.77. The number of carboxylic acid groups (broad SMARTS) is 1. The van der Waals surface area contributed by atoms with Gasteiger partial charge in [0.2, 0.25) is 0 Å². The van der Waals surface area contributed by atoms with Gasteiger partial charge in [0.1, 0.15) is 12.4 Å². The van der Waals surface area contributed by atoms with E-state index in [9.17, 15) is 4.79 Å². The molecule has 0 heterocycles. The fourth-order valence-electron chi connectivity index (χ4n) is 1.36. The van der Waals surface area contributed by atoms with Crippen LogP contribution in [0.5, 0.6) is 5.75 Å². The minimum Gasteiger partial charge on any atom is -0.496 e. The third-order valence-electron chi connectivity index (χ3n) is 2.11. The number of ether oxygens (including phenoxy) is 2. The normalized spacial score (nSPS) is 12.2. The van der Waals surface area contributed by atoms with Crippen molar-refractivity contribution < 1.29 is 19.4 Å². The molecule has 1 unspecified atom stereocenters. The van der Waals surface area contributed by atoms with Crippen molar-refractivity contribution >= 4 is 28.6 Å². The van der Waals surface area contributed by atoms with Crippen molar-refractivity contribution in [3.63, 3.8) is 0 Å². The van der Waals surface area contributed by atoms with Crippen molar-refractivity contribution in [2.45, 2.75) is 6.04 Å². The lowest BCUT2D eigenvalue weighted by Gasteiger charge is -2.15. The third kappa shape index (κ3) is 4.49. The van der Waals surface area contributed by atoms with Crippen LogP contribution < -0.4 is 10.5 Å². The van der Waals surface area contributed by atoms with Gasteiger partial charge in [-0.15, -0.1) is 0 Å². The van der Waals surface area contributed by atoms with Crippen molar-refractivity contribution in [3.05, 3.63) is 27.3 Å². The summed E-state index contributed by atoms with van der Waals surface area (Å²) in [5.74, 6) is -0.330. The molecule has 1 rings (SSSR count). The lowest BCUT2D eigenvalue weighted by molar-refractivity contribution is -0.142. The van der Waals surface area contributed by atoms with Gasteiger partial charge in [-0.2, -0.15) is 0 Å². The second-order valence-corrected chi connectivity index (χ2v) is 4.65. The average molecular weight is 351 g/mol. The molecular formula is C11H14INO4. The zero-order valence-corrected chi connectivity index (χ0v) is 11.5. The summed E-state index contributed by atoms with van der Waals surface area (Å²) in [7, 11) is 1.57. The highest BCUT2D eigenvalue weighted by molar-refractivity contribution is 14.1. The van der Waals surface area contributed by atoms with Crippen LogP contribution in [0.25, 0.3) is 0 Å². The van der Waals surface area contributed by atoms with Crippen molar-refractivity contribution in [3.8, 4) is 5.75 Å². The molecule has 1 aromatic rings. The molecule has 0 spiro atoms. The molecule has 0 aliphatic rings. The van der Waals surface area contributed by atoms with Crippen LogP contribution in [0.15, 0.2) is 18.2 Å². The SMILES string of the molecule is COc1ccc(I)cc1C(N)COCC(=O)O. The summed E-state index contributed by atoms with van der Waals surface area (Å²) in [4.78, 5) is 10.3. The summed E-state index contributed by atoms with van der Waals surface area (Å²) in [5, 5.41) is 8.45. The average Bonchev–Trinajstić information content (AvgIpc) is 2.28. The zero-order chi connectivity index (χ0) is 12.8. The van der Waals surface area contributed by atoms with Gasteiger partial charge in [-0.25, -0.2) is 4.79 Å². The van der Waals surface area contributed by atoms with E-state index >= 15 is 0 Å². The first-order valence-electron chi connectivity index (χ1n) is 4.93. The Hall–Kier alpha value is -0.860. The van der Waals surface area contributed by atoms with Crippen LogP contribution in [-0.4, -0.2) is 31.4 Å². The molecule has 3 N–H and O–H groups in total. The Bertz CT molecular complexity index is 397. The molecule has 0 bridgehead atoms. The van der Waals surface area contributed by atoms with Crippen molar-refractivity contribution in [1.29, 1.82) is 0 Å². The van der Waals surface area contributed by atoms with E-state index < -0.39 is 12.0 Å².